The van der Waals surface area contributed by atoms with Gasteiger partial charge in [0.15, 0.2) is 5.65 Å². The van der Waals surface area contributed by atoms with E-state index in [1.807, 2.05) is 36.4 Å². The number of benzene rings is 1. The van der Waals surface area contributed by atoms with Crippen LogP contribution in [0.5, 0.6) is 0 Å². The molecule has 7 heteroatoms. The normalized spacial score (nSPS) is 10.9. The number of fused-ring (bicyclic) bond motifs is 1. The molecule has 25 heavy (non-hydrogen) atoms. The van der Waals surface area contributed by atoms with E-state index in [1.165, 1.54) is 0 Å². The van der Waals surface area contributed by atoms with Gasteiger partial charge in [0.2, 0.25) is 0 Å². The Balaban J connectivity index is 1.72. The largest absolute Gasteiger partial charge is 0.383 e. The lowest BCUT2D eigenvalue weighted by atomic mass is 10.1. The molecule has 1 aromatic carbocycles. The van der Waals surface area contributed by atoms with Gasteiger partial charge in [0.25, 0.3) is 5.91 Å². The van der Waals surface area contributed by atoms with Crippen molar-refractivity contribution >= 4 is 11.6 Å². The molecular formula is C18H21N5O2. The molecule has 0 fully saturated rings. The average Bonchev–Trinajstić information content (AvgIpc) is 3.09. The molecule has 2 heterocycles. The van der Waals surface area contributed by atoms with E-state index in [9.17, 15) is 4.79 Å². The highest BCUT2D eigenvalue weighted by Crippen LogP contribution is 2.20. The van der Waals surface area contributed by atoms with Crippen LogP contribution in [0.4, 0.5) is 0 Å². The number of rotatable bonds is 8. The molecule has 130 valence electrons. The van der Waals surface area contributed by atoms with Crippen molar-refractivity contribution in [2.75, 3.05) is 33.4 Å². The van der Waals surface area contributed by atoms with Crippen LogP contribution in [-0.2, 0) is 4.74 Å². The van der Waals surface area contributed by atoms with Crippen LogP contribution in [0, 0.1) is 0 Å². The summed E-state index contributed by atoms with van der Waals surface area (Å²) in [5, 5.41) is 10.4. The van der Waals surface area contributed by atoms with Crippen LogP contribution in [0.1, 0.15) is 10.4 Å². The molecule has 0 aliphatic carbocycles. The molecule has 0 bridgehead atoms. The molecule has 0 saturated heterocycles. The van der Waals surface area contributed by atoms with Crippen molar-refractivity contribution in [2.24, 2.45) is 0 Å². The van der Waals surface area contributed by atoms with Gasteiger partial charge in [0, 0.05) is 38.5 Å². The van der Waals surface area contributed by atoms with Crippen molar-refractivity contribution < 1.29 is 9.53 Å². The number of carbonyl (C=O) groups is 1. The van der Waals surface area contributed by atoms with Crippen molar-refractivity contribution in [1.82, 2.24) is 25.2 Å². The Morgan fingerprint density at radius 3 is 2.80 bits per heavy atom. The van der Waals surface area contributed by atoms with Crippen LogP contribution in [0.15, 0.2) is 48.8 Å². The third-order valence-electron chi connectivity index (χ3n) is 3.79. The number of methoxy groups -OCH3 is 1. The Morgan fingerprint density at radius 1 is 1.16 bits per heavy atom. The second kappa shape index (κ2) is 8.36. The van der Waals surface area contributed by atoms with Crippen LogP contribution >= 0.6 is 0 Å². The Morgan fingerprint density at radius 2 is 2.00 bits per heavy atom. The first-order chi connectivity index (χ1) is 12.3. The van der Waals surface area contributed by atoms with E-state index >= 15 is 0 Å². The minimum absolute atomic E-state index is 0.179. The number of aromatic nitrogens is 3. The van der Waals surface area contributed by atoms with E-state index in [4.69, 9.17) is 4.74 Å². The van der Waals surface area contributed by atoms with E-state index in [0.29, 0.717) is 30.9 Å². The fourth-order valence-corrected chi connectivity index (χ4v) is 2.54. The van der Waals surface area contributed by atoms with Crippen LogP contribution in [0.2, 0.25) is 0 Å². The highest BCUT2D eigenvalue weighted by Gasteiger charge is 2.15. The predicted octanol–water partition coefficient (Wildman–Crippen LogP) is 1.36. The summed E-state index contributed by atoms with van der Waals surface area (Å²) < 4.78 is 6.65. The number of hydrogen-bond acceptors (Lipinski definition) is 5. The van der Waals surface area contributed by atoms with Crippen LogP contribution in [0.25, 0.3) is 16.9 Å². The van der Waals surface area contributed by atoms with Gasteiger partial charge in [-0.25, -0.2) is 9.50 Å². The van der Waals surface area contributed by atoms with Crippen molar-refractivity contribution in [3.8, 4) is 11.3 Å². The number of carbonyl (C=O) groups excluding carboxylic acids is 1. The van der Waals surface area contributed by atoms with E-state index in [2.05, 4.69) is 20.7 Å². The summed E-state index contributed by atoms with van der Waals surface area (Å²) in [6.45, 7) is 2.61. The number of ether oxygens (including phenoxy) is 1. The molecule has 0 unspecified atom stereocenters. The SMILES string of the molecule is COCCNCCNC(=O)c1cnn2c(-c3ccccc3)ccnc12. The first kappa shape index (κ1) is 17.1. The van der Waals surface area contributed by atoms with Gasteiger partial charge in [-0.15, -0.1) is 0 Å². The smallest absolute Gasteiger partial charge is 0.256 e. The van der Waals surface area contributed by atoms with Gasteiger partial charge in [-0.2, -0.15) is 5.10 Å². The summed E-state index contributed by atoms with van der Waals surface area (Å²) in [6, 6.07) is 11.8. The topological polar surface area (TPSA) is 80.5 Å². The van der Waals surface area contributed by atoms with Crippen molar-refractivity contribution in [3.05, 3.63) is 54.4 Å². The molecule has 3 rings (SSSR count). The van der Waals surface area contributed by atoms with Crippen LogP contribution in [-0.4, -0.2) is 53.9 Å². The fraction of sp³-hybridized carbons (Fsp3) is 0.278. The Kier molecular flexibility index (Phi) is 5.71. The molecule has 0 saturated carbocycles. The van der Waals surface area contributed by atoms with Crippen LogP contribution < -0.4 is 10.6 Å². The first-order valence-electron chi connectivity index (χ1n) is 8.17. The van der Waals surface area contributed by atoms with E-state index in [1.54, 1.807) is 24.0 Å². The maximum atomic E-state index is 12.4. The van der Waals surface area contributed by atoms with Crippen molar-refractivity contribution in [2.45, 2.75) is 0 Å². The average molecular weight is 339 g/mol. The molecule has 0 atom stereocenters. The summed E-state index contributed by atoms with van der Waals surface area (Å²) in [7, 11) is 1.66. The van der Waals surface area contributed by atoms with E-state index in [0.717, 1.165) is 17.8 Å². The Labute approximate surface area is 146 Å². The molecule has 0 aliphatic heterocycles. The number of nitrogens with zero attached hydrogens (tertiary/aromatic N) is 3. The third-order valence-corrected chi connectivity index (χ3v) is 3.79. The highest BCUT2D eigenvalue weighted by molar-refractivity contribution is 5.99. The van der Waals surface area contributed by atoms with Crippen molar-refractivity contribution in [1.29, 1.82) is 0 Å². The van der Waals surface area contributed by atoms with Gasteiger partial charge in [-0.3, -0.25) is 4.79 Å². The van der Waals surface area contributed by atoms with Gasteiger partial charge in [0.05, 0.1) is 18.5 Å². The minimum Gasteiger partial charge on any atom is -0.383 e. The number of nitrogens with one attached hydrogen (secondary N) is 2. The zero-order valence-electron chi connectivity index (χ0n) is 14.1. The summed E-state index contributed by atoms with van der Waals surface area (Å²) in [5.41, 5.74) is 2.93. The van der Waals surface area contributed by atoms with Gasteiger partial charge in [-0.05, 0) is 6.07 Å². The molecule has 0 aliphatic rings. The van der Waals surface area contributed by atoms with Crippen molar-refractivity contribution in [3.63, 3.8) is 0 Å². The predicted molar refractivity (Wildman–Crippen MR) is 95.5 cm³/mol. The van der Waals surface area contributed by atoms with E-state index in [-0.39, 0.29) is 5.91 Å². The highest BCUT2D eigenvalue weighted by atomic mass is 16.5. The minimum atomic E-state index is -0.179. The molecule has 2 aromatic heterocycles. The second-order valence-corrected chi connectivity index (χ2v) is 5.49. The molecule has 0 radical (unpaired) electrons. The summed E-state index contributed by atoms with van der Waals surface area (Å²) in [4.78, 5) is 16.7. The van der Waals surface area contributed by atoms with Gasteiger partial charge >= 0.3 is 0 Å². The molecule has 3 aromatic rings. The maximum Gasteiger partial charge on any atom is 0.256 e. The third kappa shape index (κ3) is 4.01. The zero-order chi connectivity index (χ0) is 17.5. The summed E-state index contributed by atoms with van der Waals surface area (Å²) >= 11 is 0. The van der Waals surface area contributed by atoms with Gasteiger partial charge < -0.3 is 15.4 Å². The first-order valence-corrected chi connectivity index (χ1v) is 8.17. The van der Waals surface area contributed by atoms with E-state index < -0.39 is 0 Å². The lowest BCUT2D eigenvalue weighted by molar-refractivity contribution is 0.0955. The van der Waals surface area contributed by atoms with Crippen LogP contribution in [0.3, 0.4) is 0 Å². The van der Waals surface area contributed by atoms with Gasteiger partial charge in [-0.1, -0.05) is 30.3 Å². The zero-order valence-corrected chi connectivity index (χ0v) is 14.1. The molecule has 7 nitrogen and oxygen atoms in total. The Bertz CT molecular complexity index is 832. The lowest BCUT2D eigenvalue weighted by Crippen LogP contribution is -2.33. The summed E-state index contributed by atoms with van der Waals surface area (Å²) in [5.74, 6) is -0.179. The standard InChI is InChI=1S/C18H21N5O2/c1-25-12-11-19-9-10-21-18(24)15-13-22-23-16(7-8-20-17(15)23)14-5-3-2-4-6-14/h2-8,13,19H,9-12H2,1H3,(H,21,24). The lowest BCUT2D eigenvalue weighted by Gasteiger charge is -2.06. The molecule has 2 N–H and O–H groups in total. The fourth-order valence-electron chi connectivity index (χ4n) is 2.54. The number of amides is 1. The second-order valence-electron chi connectivity index (χ2n) is 5.49. The molecule has 0 spiro atoms. The quantitative estimate of drug-likeness (QED) is 0.606. The summed E-state index contributed by atoms with van der Waals surface area (Å²) in [6.07, 6.45) is 3.25. The Hall–Kier alpha value is -2.77. The molecule has 1 amide bonds. The maximum absolute atomic E-state index is 12.4. The number of hydrogen-bond donors (Lipinski definition) is 2. The van der Waals surface area contributed by atoms with Gasteiger partial charge in [0.1, 0.15) is 5.56 Å². The molecular weight excluding hydrogens is 318 g/mol. The monoisotopic (exact) mass is 339 g/mol.